The lowest BCUT2D eigenvalue weighted by Gasteiger charge is -2.07. The quantitative estimate of drug-likeness (QED) is 0.606. The van der Waals surface area contributed by atoms with Crippen LogP contribution in [0.5, 0.6) is 5.75 Å². The van der Waals surface area contributed by atoms with Crippen molar-refractivity contribution in [2.24, 2.45) is 5.10 Å². The second-order valence-electron chi connectivity index (χ2n) is 5.46. The van der Waals surface area contributed by atoms with E-state index in [-0.39, 0.29) is 5.91 Å². The third-order valence-electron chi connectivity index (χ3n) is 3.70. The van der Waals surface area contributed by atoms with Crippen molar-refractivity contribution in [2.45, 2.75) is 26.2 Å². The molecule has 1 amide bonds. The summed E-state index contributed by atoms with van der Waals surface area (Å²) in [5.74, 6) is 0.743. The first-order valence-corrected chi connectivity index (χ1v) is 8.18. The van der Waals surface area contributed by atoms with Crippen LogP contribution in [0.15, 0.2) is 47.6 Å². The van der Waals surface area contributed by atoms with E-state index in [1.165, 1.54) is 11.1 Å². The van der Waals surface area contributed by atoms with Gasteiger partial charge in [0, 0.05) is 17.0 Å². The number of hydrogen-bond acceptors (Lipinski definition) is 3. The van der Waals surface area contributed by atoms with Crippen LogP contribution in [-0.4, -0.2) is 19.2 Å². The Morgan fingerprint density at radius 1 is 1.29 bits per heavy atom. The third kappa shape index (κ3) is 5.39. The van der Waals surface area contributed by atoms with Crippen LogP contribution in [0.25, 0.3) is 0 Å². The van der Waals surface area contributed by atoms with Crippen molar-refractivity contribution in [3.05, 3.63) is 64.2 Å². The van der Waals surface area contributed by atoms with E-state index in [1.54, 1.807) is 19.4 Å². The van der Waals surface area contributed by atoms with Crippen LogP contribution in [0, 0.1) is 6.92 Å². The van der Waals surface area contributed by atoms with Crippen LogP contribution in [0.1, 0.15) is 29.5 Å². The Hall–Kier alpha value is -2.33. The Bertz CT molecular complexity index is 729. The number of aryl methyl sites for hydroxylation is 2. The summed E-state index contributed by atoms with van der Waals surface area (Å²) in [4.78, 5) is 11.8. The van der Waals surface area contributed by atoms with Crippen LogP contribution in [0.3, 0.4) is 0 Å². The predicted octanol–water partition coefficient (Wildman–Crippen LogP) is 4.13. The summed E-state index contributed by atoms with van der Waals surface area (Å²) in [5.41, 5.74) is 5.70. The summed E-state index contributed by atoms with van der Waals surface area (Å²) in [6.07, 6.45) is 3.58. The molecule has 0 unspecified atom stereocenters. The van der Waals surface area contributed by atoms with Crippen LogP contribution in [-0.2, 0) is 11.2 Å². The van der Waals surface area contributed by atoms with Gasteiger partial charge in [-0.15, -0.1) is 0 Å². The molecule has 4 nitrogen and oxygen atoms in total. The minimum absolute atomic E-state index is 0.107. The SMILES string of the molecule is COc1ccc(CCCC(=O)N/N=C\c2ccccc2Cl)c(C)c1. The molecule has 0 aliphatic rings. The largest absolute Gasteiger partial charge is 0.497 e. The fourth-order valence-electron chi connectivity index (χ4n) is 2.32. The summed E-state index contributed by atoms with van der Waals surface area (Å²) in [6.45, 7) is 2.05. The molecule has 0 spiro atoms. The molecule has 0 radical (unpaired) electrons. The predicted molar refractivity (Wildman–Crippen MR) is 97.9 cm³/mol. The number of amides is 1. The van der Waals surface area contributed by atoms with Gasteiger partial charge < -0.3 is 4.74 Å². The topological polar surface area (TPSA) is 50.7 Å². The van der Waals surface area contributed by atoms with Crippen LogP contribution < -0.4 is 10.2 Å². The minimum Gasteiger partial charge on any atom is -0.497 e. The van der Waals surface area contributed by atoms with Crippen molar-refractivity contribution in [3.63, 3.8) is 0 Å². The first kappa shape index (κ1) is 18.0. The number of halogens is 1. The van der Waals surface area contributed by atoms with Gasteiger partial charge in [0.05, 0.1) is 13.3 Å². The molecule has 126 valence electrons. The molecular weight excluding hydrogens is 324 g/mol. The Morgan fingerprint density at radius 2 is 2.08 bits per heavy atom. The van der Waals surface area contributed by atoms with Gasteiger partial charge in [0.1, 0.15) is 5.75 Å². The molecule has 0 heterocycles. The van der Waals surface area contributed by atoms with Crippen molar-refractivity contribution < 1.29 is 9.53 Å². The maximum absolute atomic E-state index is 11.8. The Kier molecular flexibility index (Phi) is 6.82. The first-order chi connectivity index (χ1) is 11.6. The second kappa shape index (κ2) is 9.08. The van der Waals surface area contributed by atoms with Gasteiger partial charge in [0.25, 0.3) is 0 Å². The molecule has 5 heteroatoms. The number of hydrazone groups is 1. The molecule has 0 aliphatic heterocycles. The fourth-order valence-corrected chi connectivity index (χ4v) is 2.51. The molecule has 0 saturated heterocycles. The van der Waals surface area contributed by atoms with Gasteiger partial charge in [-0.05, 0) is 49.1 Å². The van der Waals surface area contributed by atoms with Gasteiger partial charge in [-0.25, -0.2) is 5.43 Å². The molecule has 0 aliphatic carbocycles. The first-order valence-electron chi connectivity index (χ1n) is 7.80. The van der Waals surface area contributed by atoms with Crippen molar-refractivity contribution in [2.75, 3.05) is 7.11 Å². The zero-order valence-electron chi connectivity index (χ0n) is 13.9. The highest BCUT2D eigenvalue weighted by Gasteiger charge is 2.04. The lowest BCUT2D eigenvalue weighted by Crippen LogP contribution is -2.17. The number of nitrogens with one attached hydrogen (secondary N) is 1. The van der Waals surface area contributed by atoms with Crippen LogP contribution in [0.4, 0.5) is 0 Å². The van der Waals surface area contributed by atoms with Gasteiger partial charge in [-0.2, -0.15) is 5.10 Å². The van der Waals surface area contributed by atoms with E-state index in [1.807, 2.05) is 43.3 Å². The molecule has 0 bridgehead atoms. The Morgan fingerprint density at radius 3 is 2.79 bits per heavy atom. The fraction of sp³-hybridized carbons (Fsp3) is 0.263. The average Bonchev–Trinajstić information content (AvgIpc) is 2.58. The highest BCUT2D eigenvalue weighted by Crippen LogP contribution is 2.18. The minimum atomic E-state index is -0.107. The zero-order valence-corrected chi connectivity index (χ0v) is 14.6. The average molecular weight is 345 g/mol. The summed E-state index contributed by atoms with van der Waals surface area (Å²) < 4.78 is 5.19. The standard InChI is InChI=1S/C19H21ClN2O2/c1-14-12-17(24-2)11-10-15(14)7-5-9-19(23)22-21-13-16-6-3-4-8-18(16)20/h3-4,6,8,10-13H,5,7,9H2,1-2H3,(H,22,23)/b21-13-. The van der Waals surface area contributed by atoms with E-state index in [4.69, 9.17) is 16.3 Å². The van der Waals surface area contributed by atoms with E-state index in [2.05, 4.69) is 10.5 Å². The maximum Gasteiger partial charge on any atom is 0.240 e. The number of benzene rings is 2. The van der Waals surface area contributed by atoms with E-state index < -0.39 is 0 Å². The lowest BCUT2D eigenvalue weighted by molar-refractivity contribution is -0.121. The molecule has 0 aromatic heterocycles. The van der Waals surface area contributed by atoms with Gasteiger partial charge in [-0.3, -0.25) is 4.79 Å². The molecule has 2 aromatic rings. The number of nitrogens with zero attached hydrogens (tertiary/aromatic N) is 1. The normalized spacial score (nSPS) is 10.8. The molecule has 2 aromatic carbocycles. The molecule has 0 saturated carbocycles. The summed E-state index contributed by atoms with van der Waals surface area (Å²) >= 11 is 6.01. The van der Waals surface area contributed by atoms with Crippen LogP contribution >= 0.6 is 11.6 Å². The van der Waals surface area contributed by atoms with Gasteiger partial charge in [0.15, 0.2) is 0 Å². The third-order valence-corrected chi connectivity index (χ3v) is 4.04. The summed E-state index contributed by atoms with van der Waals surface area (Å²) in [6, 6.07) is 13.3. The number of rotatable bonds is 7. The molecule has 2 rings (SSSR count). The zero-order chi connectivity index (χ0) is 17.4. The summed E-state index contributed by atoms with van der Waals surface area (Å²) in [7, 11) is 1.65. The number of ether oxygens (including phenoxy) is 1. The van der Waals surface area contributed by atoms with Gasteiger partial charge >= 0.3 is 0 Å². The van der Waals surface area contributed by atoms with Crippen molar-refractivity contribution in [1.82, 2.24) is 5.43 Å². The van der Waals surface area contributed by atoms with Gasteiger partial charge in [-0.1, -0.05) is 35.9 Å². The number of carbonyl (C=O) groups is 1. The number of methoxy groups -OCH3 is 1. The monoisotopic (exact) mass is 344 g/mol. The van der Waals surface area contributed by atoms with Crippen molar-refractivity contribution in [3.8, 4) is 5.75 Å². The Balaban J connectivity index is 1.76. The smallest absolute Gasteiger partial charge is 0.240 e. The van der Waals surface area contributed by atoms with E-state index in [0.717, 1.165) is 24.2 Å². The highest BCUT2D eigenvalue weighted by atomic mass is 35.5. The van der Waals surface area contributed by atoms with E-state index >= 15 is 0 Å². The van der Waals surface area contributed by atoms with Crippen LogP contribution in [0.2, 0.25) is 5.02 Å². The Labute approximate surface area is 147 Å². The van der Waals surface area contributed by atoms with Gasteiger partial charge in [0.2, 0.25) is 5.91 Å². The molecule has 0 atom stereocenters. The van der Waals surface area contributed by atoms with Crippen molar-refractivity contribution in [1.29, 1.82) is 0 Å². The molecule has 1 N–H and O–H groups in total. The maximum atomic E-state index is 11.8. The highest BCUT2D eigenvalue weighted by molar-refractivity contribution is 6.33. The number of carbonyl (C=O) groups excluding carboxylic acids is 1. The van der Waals surface area contributed by atoms with E-state index in [0.29, 0.717) is 11.4 Å². The molecule has 24 heavy (non-hydrogen) atoms. The number of hydrogen-bond donors (Lipinski definition) is 1. The molecular formula is C19H21ClN2O2. The second-order valence-corrected chi connectivity index (χ2v) is 5.87. The summed E-state index contributed by atoms with van der Waals surface area (Å²) in [5, 5.41) is 4.55. The lowest BCUT2D eigenvalue weighted by atomic mass is 10.0. The molecule has 0 fully saturated rings. The van der Waals surface area contributed by atoms with Crippen molar-refractivity contribution >= 4 is 23.7 Å². The van der Waals surface area contributed by atoms with E-state index in [9.17, 15) is 4.79 Å².